The van der Waals surface area contributed by atoms with Crippen LogP contribution in [0.3, 0.4) is 0 Å². The van der Waals surface area contributed by atoms with E-state index in [9.17, 15) is 9.59 Å². The Hall–Kier alpha value is -1.82. The van der Waals surface area contributed by atoms with E-state index in [0.717, 1.165) is 6.42 Å². The van der Waals surface area contributed by atoms with Gasteiger partial charge in [0.1, 0.15) is 0 Å². The smallest absolute Gasteiger partial charge is 0.289 e. The molecule has 3 heterocycles. The molecular formula is C15H20N2O4. The van der Waals surface area contributed by atoms with E-state index >= 15 is 0 Å². The van der Waals surface area contributed by atoms with Gasteiger partial charge in [-0.2, -0.15) is 0 Å². The van der Waals surface area contributed by atoms with Gasteiger partial charge in [0.05, 0.1) is 24.9 Å². The Morgan fingerprint density at radius 2 is 1.86 bits per heavy atom. The Labute approximate surface area is 123 Å². The zero-order valence-corrected chi connectivity index (χ0v) is 12.2. The summed E-state index contributed by atoms with van der Waals surface area (Å²) >= 11 is 0. The lowest BCUT2D eigenvalue weighted by molar-refractivity contribution is -0.174. The Morgan fingerprint density at radius 1 is 1.19 bits per heavy atom. The second kappa shape index (κ2) is 5.52. The zero-order chi connectivity index (χ0) is 14.9. The van der Waals surface area contributed by atoms with Crippen LogP contribution in [0.2, 0.25) is 0 Å². The maximum absolute atomic E-state index is 12.6. The molecule has 2 amide bonds. The number of furan rings is 1. The van der Waals surface area contributed by atoms with Gasteiger partial charge in [-0.3, -0.25) is 9.59 Å². The van der Waals surface area contributed by atoms with Crippen LogP contribution in [0.1, 0.15) is 23.9 Å². The molecule has 21 heavy (non-hydrogen) atoms. The van der Waals surface area contributed by atoms with Gasteiger partial charge in [0.2, 0.25) is 5.91 Å². The van der Waals surface area contributed by atoms with E-state index in [-0.39, 0.29) is 17.2 Å². The highest BCUT2D eigenvalue weighted by Crippen LogP contribution is 2.33. The normalized spacial score (nSPS) is 21.0. The first kappa shape index (κ1) is 14.1. The van der Waals surface area contributed by atoms with Crippen LogP contribution < -0.4 is 0 Å². The second-order valence-corrected chi connectivity index (χ2v) is 5.69. The highest BCUT2D eigenvalue weighted by atomic mass is 16.5. The molecule has 6 nitrogen and oxygen atoms in total. The quantitative estimate of drug-likeness (QED) is 0.833. The van der Waals surface area contributed by atoms with Gasteiger partial charge in [-0.05, 0) is 18.6 Å². The first-order valence-electron chi connectivity index (χ1n) is 7.36. The summed E-state index contributed by atoms with van der Waals surface area (Å²) in [6, 6.07) is 3.37. The van der Waals surface area contributed by atoms with Crippen molar-refractivity contribution in [3.8, 4) is 0 Å². The highest BCUT2D eigenvalue weighted by molar-refractivity contribution is 5.91. The van der Waals surface area contributed by atoms with Gasteiger partial charge in [-0.25, -0.2) is 0 Å². The fourth-order valence-corrected chi connectivity index (χ4v) is 2.83. The molecule has 0 radical (unpaired) electrons. The lowest BCUT2D eigenvalue weighted by Gasteiger charge is -2.44. The van der Waals surface area contributed by atoms with E-state index in [4.69, 9.17) is 9.15 Å². The summed E-state index contributed by atoms with van der Waals surface area (Å²) < 4.78 is 10.4. The summed E-state index contributed by atoms with van der Waals surface area (Å²) in [6.07, 6.45) is 2.30. The third-order valence-electron chi connectivity index (χ3n) is 4.47. The van der Waals surface area contributed by atoms with E-state index in [2.05, 4.69) is 0 Å². The van der Waals surface area contributed by atoms with Gasteiger partial charge < -0.3 is 19.0 Å². The van der Waals surface area contributed by atoms with Gasteiger partial charge in [0.25, 0.3) is 5.91 Å². The van der Waals surface area contributed by atoms with Crippen LogP contribution >= 0.6 is 0 Å². The van der Waals surface area contributed by atoms with Crippen LogP contribution in [0.4, 0.5) is 0 Å². The molecule has 2 fully saturated rings. The number of carbonyl (C=O) groups excluding carboxylic acids is 2. The van der Waals surface area contributed by atoms with E-state index in [1.54, 1.807) is 17.0 Å². The Kier molecular flexibility index (Phi) is 3.71. The molecule has 0 aliphatic carbocycles. The number of hydrogen-bond donors (Lipinski definition) is 0. The molecule has 0 unspecified atom stereocenters. The first-order chi connectivity index (χ1) is 10.2. The van der Waals surface area contributed by atoms with Crippen molar-refractivity contribution in [2.24, 2.45) is 5.41 Å². The van der Waals surface area contributed by atoms with Gasteiger partial charge >= 0.3 is 0 Å². The molecule has 3 rings (SSSR count). The molecule has 0 saturated carbocycles. The number of piperazine rings is 1. The summed E-state index contributed by atoms with van der Waals surface area (Å²) in [5.74, 6) is 0.415. The van der Waals surface area contributed by atoms with E-state index in [0.29, 0.717) is 45.2 Å². The molecule has 2 saturated heterocycles. The van der Waals surface area contributed by atoms with Crippen molar-refractivity contribution < 1.29 is 18.7 Å². The molecular weight excluding hydrogens is 272 g/mol. The molecule has 0 spiro atoms. The van der Waals surface area contributed by atoms with Crippen LogP contribution in [-0.2, 0) is 9.53 Å². The number of nitrogens with zero attached hydrogens (tertiary/aromatic N) is 2. The minimum atomic E-state index is -0.326. The second-order valence-electron chi connectivity index (χ2n) is 5.69. The summed E-state index contributed by atoms with van der Waals surface area (Å²) in [6.45, 7) is 5.32. The molecule has 2 aliphatic heterocycles. The Balaban J connectivity index is 1.58. The largest absolute Gasteiger partial charge is 0.459 e. The molecule has 0 bridgehead atoms. The minimum Gasteiger partial charge on any atom is -0.459 e. The summed E-state index contributed by atoms with van der Waals surface area (Å²) in [4.78, 5) is 28.3. The fraction of sp³-hybridized carbons (Fsp3) is 0.600. The summed E-state index contributed by atoms with van der Waals surface area (Å²) in [5.41, 5.74) is -0.326. The molecule has 1 aromatic rings. The monoisotopic (exact) mass is 292 g/mol. The van der Waals surface area contributed by atoms with Gasteiger partial charge in [0, 0.05) is 26.2 Å². The van der Waals surface area contributed by atoms with Crippen molar-refractivity contribution in [2.75, 3.05) is 39.4 Å². The third kappa shape index (κ3) is 2.44. The minimum absolute atomic E-state index is 0.107. The highest BCUT2D eigenvalue weighted by Gasteiger charge is 2.46. The lowest BCUT2D eigenvalue weighted by Crippen LogP contribution is -2.59. The van der Waals surface area contributed by atoms with Gasteiger partial charge in [-0.1, -0.05) is 6.92 Å². The SMILES string of the molecule is CCC1(C(=O)N2CCN(C(=O)c3ccco3)CC2)COC1. The maximum Gasteiger partial charge on any atom is 0.289 e. The lowest BCUT2D eigenvalue weighted by atomic mass is 9.81. The first-order valence-corrected chi connectivity index (χ1v) is 7.36. The van der Waals surface area contributed by atoms with Crippen molar-refractivity contribution in [3.05, 3.63) is 24.2 Å². The number of amides is 2. The molecule has 6 heteroatoms. The van der Waals surface area contributed by atoms with Crippen LogP contribution in [0, 0.1) is 5.41 Å². The molecule has 0 atom stereocenters. The van der Waals surface area contributed by atoms with E-state index in [1.165, 1.54) is 6.26 Å². The van der Waals surface area contributed by atoms with Gasteiger partial charge in [-0.15, -0.1) is 0 Å². The maximum atomic E-state index is 12.6. The molecule has 0 aromatic carbocycles. The van der Waals surface area contributed by atoms with Crippen molar-refractivity contribution in [3.63, 3.8) is 0 Å². The summed E-state index contributed by atoms with van der Waals surface area (Å²) in [7, 11) is 0. The molecule has 0 N–H and O–H groups in total. The standard InChI is InChI=1S/C15H20N2O4/c1-2-15(10-20-11-15)14(19)17-7-5-16(6-8-17)13(18)12-4-3-9-21-12/h3-4,9H,2,5-8,10-11H2,1H3. The van der Waals surface area contributed by atoms with Crippen LogP contribution in [0.5, 0.6) is 0 Å². The number of ether oxygens (including phenoxy) is 1. The van der Waals surface area contributed by atoms with E-state index in [1.807, 2.05) is 11.8 Å². The summed E-state index contributed by atoms with van der Waals surface area (Å²) in [5, 5.41) is 0. The van der Waals surface area contributed by atoms with Crippen LogP contribution in [0.25, 0.3) is 0 Å². The Bertz CT molecular complexity index is 508. The van der Waals surface area contributed by atoms with Crippen molar-refractivity contribution >= 4 is 11.8 Å². The molecule has 2 aliphatic rings. The number of rotatable bonds is 3. The average molecular weight is 292 g/mol. The predicted octanol–water partition coefficient (Wildman–Crippen LogP) is 0.991. The van der Waals surface area contributed by atoms with Gasteiger partial charge in [0.15, 0.2) is 5.76 Å². The fourth-order valence-electron chi connectivity index (χ4n) is 2.83. The number of carbonyl (C=O) groups is 2. The molecule has 1 aromatic heterocycles. The van der Waals surface area contributed by atoms with Crippen molar-refractivity contribution in [1.29, 1.82) is 0 Å². The average Bonchev–Trinajstić information content (AvgIpc) is 3.00. The van der Waals surface area contributed by atoms with Crippen molar-refractivity contribution in [1.82, 2.24) is 9.80 Å². The topological polar surface area (TPSA) is 63.0 Å². The zero-order valence-electron chi connectivity index (χ0n) is 12.2. The van der Waals surface area contributed by atoms with E-state index < -0.39 is 0 Å². The third-order valence-corrected chi connectivity index (χ3v) is 4.47. The Morgan fingerprint density at radius 3 is 2.33 bits per heavy atom. The van der Waals surface area contributed by atoms with Crippen LogP contribution in [0.15, 0.2) is 22.8 Å². The van der Waals surface area contributed by atoms with Crippen molar-refractivity contribution in [2.45, 2.75) is 13.3 Å². The molecule has 114 valence electrons. The number of hydrogen-bond acceptors (Lipinski definition) is 4. The van der Waals surface area contributed by atoms with Crippen LogP contribution in [-0.4, -0.2) is 61.0 Å². The predicted molar refractivity (Wildman–Crippen MR) is 74.7 cm³/mol.